The summed E-state index contributed by atoms with van der Waals surface area (Å²) in [6.07, 6.45) is 3.56. The van der Waals surface area contributed by atoms with Gasteiger partial charge in [0.2, 0.25) is 5.91 Å². The van der Waals surface area contributed by atoms with Crippen LogP contribution in [0.3, 0.4) is 0 Å². The molecule has 7 heteroatoms. The van der Waals surface area contributed by atoms with Crippen LogP contribution < -0.4 is 5.32 Å². The Kier molecular flexibility index (Phi) is 3.59. The third-order valence-corrected chi connectivity index (χ3v) is 3.24. The Labute approximate surface area is 104 Å². The van der Waals surface area contributed by atoms with Crippen molar-refractivity contribution >= 4 is 11.9 Å². The fraction of sp³-hybridized carbons (Fsp3) is 0.636. The lowest BCUT2D eigenvalue weighted by atomic mass is 9.95. The van der Waals surface area contributed by atoms with E-state index < -0.39 is 17.8 Å². The predicted octanol–water partition coefficient (Wildman–Crippen LogP) is -0.0678. The van der Waals surface area contributed by atoms with E-state index in [1.807, 2.05) is 0 Å². The van der Waals surface area contributed by atoms with E-state index in [1.54, 1.807) is 18.1 Å². The summed E-state index contributed by atoms with van der Waals surface area (Å²) in [4.78, 5) is 26.9. The molecule has 1 fully saturated rings. The highest BCUT2D eigenvalue weighted by molar-refractivity contribution is 5.85. The van der Waals surface area contributed by atoms with Gasteiger partial charge in [0, 0.05) is 7.05 Å². The third kappa shape index (κ3) is 2.66. The first-order chi connectivity index (χ1) is 8.58. The van der Waals surface area contributed by atoms with Crippen LogP contribution in [0.1, 0.15) is 25.1 Å². The zero-order valence-corrected chi connectivity index (χ0v) is 10.2. The normalized spacial score (nSPS) is 22.9. The second kappa shape index (κ2) is 5.16. The number of carboxylic acids is 1. The summed E-state index contributed by atoms with van der Waals surface area (Å²) in [6, 6.07) is 0. The van der Waals surface area contributed by atoms with Gasteiger partial charge >= 0.3 is 5.97 Å². The molecule has 1 saturated carbocycles. The van der Waals surface area contributed by atoms with Gasteiger partial charge in [-0.05, 0) is 12.8 Å². The van der Waals surface area contributed by atoms with Gasteiger partial charge in [-0.15, -0.1) is 0 Å². The molecular weight excluding hydrogens is 236 g/mol. The van der Waals surface area contributed by atoms with Crippen molar-refractivity contribution in [3.05, 3.63) is 12.2 Å². The number of aryl methyl sites for hydroxylation is 1. The van der Waals surface area contributed by atoms with E-state index in [9.17, 15) is 9.59 Å². The number of hydrogen-bond donors (Lipinski definition) is 2. The van der Waals surface area contributed by atoms with Gasteiger partial charge in [0.25, 0.3) is 0 Å². The van der Waals surface area contributed by atoms with Gasteiger partial charge in [-0.1, -0.05) is 6.42 Å². The van der Waals surface area contributed by atoms with E-state index in [0.717, 1.165) is 6.42 Å². The quantitative estimate of drug-likeness (QED) is 0.782. The molecule has 2 N–H and O–H groups in total. The van der Waals surface area contributed by atoms with Gasteiger partial charge in [-0.3, -0.25) is 14.3 Å². The molecular formula is C11H16N4O3. The number of aromatic nitrogens is 3. The van der Waals surface area contributed by atoms with Crippen molar-refractivity contribution in [2.75, 3.05) is 0 Å². The molecule has 2 unspecified atom stereocenters. The molecule has 18 heavy (non-hydrogen) atoms. The largest absolute Gasteiger partial charge is 0.481 e. The molecule has 1 amide bonds. The zero-order valence-electron chi connectivity index (χ0n) is 10.2. The number of aliphatic carboxylic acids is 1. The Bertz CT molecular complexity index is 457. The minimum atomic E-state index is -0.886. The Hall–Kier alpha value is -1.92. The summed E-state index contributed by atoms with van der Waals surface area (Å²) in [7, 11) is 1.75. The fourth-order valence-electron chi connectivity index (χ4n) is 2.33. The molecule has 0 saturated heterocycles. The number of rotatable bonds is 4. The molecule has 0 spiro atoms. The molecule has 7 nitrogen and oxygen atoms in total. The number of carbonyl (C=O) groups excluding carboxylic acids is 1. The molecule has 1 heterocycles. The fourth-order valence-corrected chi connectivity index (χ4v) is 2.33. The van der Waals surface area contributed by atoms with Gasteiger partial charge in [0.05, 0.1) is 18.4 Å². The summed E-state index contributed by atoms with van der Waals surface area (Å²) in [5.74, 6) is -1.56. The first-order valence-electron chi connectivity index (χ1n) is 5.93. The number of nitrogens with zero attached hydrogens (tertiary/aromatic N) is 3. The first-order valence-corrected chi connectivity index (χ1v) is 5.93. The Morgan fingerprint density at radius 1 is 1.50 bits per heavy atom. The van der Waals surface area contributed by atoms with Crippen LogP contribution in [-0.4, -0.2) is 31.7 Å². The molecule has 2 rings (SSSR count). The van der Waals surface area contributed by atoms with E-state index >= 15 is 0 Å². The average molecular weight is 252 g/mol. The van der Waals surface area contributed by atoms with Crippen LogP contribution >= 0.6 is 0 Å². The van der Waals surface area contributed by atoms with Gasteiger partial charge in [-0.2, -0.15) is 5.10 Å². The molecule has 98 valence electrons. The van der Waals surface area contributed by atoms with E-state index in [-0.39, 0.29) is 12.5 Å². The monoisotopic (exact) mass is 252 g/mol. The maximum absolute atomic E-state index is 11.9. The summed E-state index contributed by atoms with van der Waals surface area (Å²) in [6.45, 7) is 0.239. The number of nitrogens with one attached hydrogen (secondary N) is 1. The summed E-state index contributed by atoms with van der Waals surface area (Å²) in [5.41, 5.74) is 0. The molecule has 0 radical (unpaired) electrons. The van der Waals surface area contributed by atoms with Crippen molar-refractivity contribution in [2.45, 2.75) is 25.8 Å². The highest BCUT2D eigenvalue weighted by Crippen LogP contribution is 2.31. The van der Waals surface area contributed by atoms with Crippen molar-refractivity contribution in [1.82, 2.24) is 20.1 Å². The number of carbonyl (C=O) groups is 2. The minimum Gasteiger partial charge on any atom is -0.481 e. The van der Waals surface area contributed by atoms with Crippen molar-refractivity contribution in [1.29, 1.82) is 0 Å². The lowest BCUT2D eigenvalue weighted by Gasteiger charge is -2.14. The lowest BCUT2D eigenvalue weighted by Crippen LogP contribution is -2.35. The van der Waals surface area contributed by atoms with Crippen molar-refractivity contribution in [2.24, 2.45) is 18.9 Å². The Morgan fingerprint density at radius 3 is 2.83 bits per heavy atom. The minimum absolute atomic E-state index is 0.215. The molecule has 0 aromatic carbocycles. The molecule has 1 aliphatic carbocycles. The Morgan fingerprint density at radius 2 is 2.22 bits per heavy atom. The molecule has 1 aliphatic rings. The van der Waals surface area contributed by atoms with E-state index in [4.69, 9.17) is 5.11 Å². The van der Waals surface area contributed by atoms with Crippen LogP contribution in [0, 0.1) is 11.8 Å². The van der Waals surface area contributed by atoms with Crippen LogP contribution in [0.4, 0.5) is 0 Å². The molecule has 2 atom stereocenters. The zero-order chi connectivity index (χ0) is 13.1. The topological polar surface area (TPSA) is 97.1 Å². The Balaban J connectivity index is 1.89. The van der Waals surface area contributed by atoms with Crippen LogP contribution in [0.25, 0.3) is 0 Å². The van der Waals surface area contributed by atoms with Gasteiger partial charge in [0.15, 0.2) is 5.82 Å². The van der Waals surface area contributed by atoms with E-state index in [1.165, 1.54) is 0 Å². The molecule has 1 aromatic rings. The van der Waals surface area contributed by atoms with Crippen LogP contribution in [0.15, 0.2) is 6.33 Å². The highest BCUT2D eigenvalue weighted by atomic mass is 16.4. The standard InChI is InChI=1S/C11H16N4O3/c1-15-6-13-9(14-15)5-12-10(16)7-3-2-4-8(7)11(17)18/h6-8H,2-5H2,1H3,(H,12,16)(H,17,18). The molecule has 0 bridgehead atoms. The lowest BCUT2D eigenvalue weighted by molar-refractivity contribution is -0.146. The third-order valence-electron chi connectivity index (χ3n) is 3.24. The number of amides is 1. The second-order valence-corrected chi connectivity index (χ2v) is 4.53. The number of hydrogen-bond acceptors (Lipinski definition) is 4. The van der Waals surface area contributed by atoms with Crippen molar-refractivity contribution < 1.29 is 14.7 Å². The smallest absolute Gasteiger partial charge is 0.307 e. The van der Waals surface area contributed by atoms with Crippen molar-refractivity contribution in [3.63, 3.8) is 0 Å². The van der Waals surface area contributed by atoms with Crippen LogP contribution in [-0.2, 0) is 23.2 Å². The molecule has 0 aliphatic heterocycles. The maximum Gasteiger partial charge on any atom is 0.307 e. The second-order valence-electron chi connectivity index (χ2n) is 4.53. The van der Waals surface area contributed by atoms with Gasteiger partial charge in [-0.25, -0.2) is 4.98 Å². The maximum atomic E-state index is 11.9. The number of carboxylic acid groups (broad SMARTS) is 1. The summed E-state index contributed by atoms with van der Waals surface area (Å²) >= 11 is 0. The predicted molar refractivity (Wildman–Crippen MR) is 61.3 cm³/mol. The first kappa shape index (κ1) is 12.5. The summed E-state index contributed by atoms with van der Waals surface area (Å²) < 4.78 is 1.55. The highest BCUT2D eigenvalue weighted by Gasteiger charge is 2.37. The van der Waals surface area contributed by atoms with Crippen molar-refractivity contribution in [3.8, 4) is 0 Å². The van der Waals surface area contributed by atoms with Crippen LogP contribution in [0.2, 0.25) is 0 Å². The van der Waals surface area contributed by atoms with E-state index in [0.29, 0.717) is 18.7 Å². The summed E-state index contributed by atoms with van der Waals surface area (Å²) in [5, 5.41) is 15.7. The van der Waals surface area contributed by atoms with Gasteiger partial charge < -0.3 is 10.4 Å². The van der Waals surface area contributed by atoms with Crippen LogP contribution in [0.5, 0.6) is 0 Å². The van der Waals surface area contributed by atoms with E-state index in [2.05, 4.69) is 15.4 Å². The average Bonchev–Trinajstić information content (AvgIpc) is 2.94. The SMILES string of the molecule is Cn1cnc(CNC(=O)C2CCCC2C(=O)O)n1. The van der Waals surface area contributed by atoms with Gasteiger partial charge in [0.1, 0.15) is 6.33 Å². The molecule has 1 aromatic heterocycles.